The van der Waals surface area contributed by atoms with Gasteiger partial charge in [-0.3, -0.25) is 10.1 Å². The van der Waals surface area contributed by atoms with Gasteiger partial charge in [-0.1, -0.05) is 0 Å². The fraction of sp³-hybridized carbons (Fsp3) is 0.231. The van der Waals surface area contributed by atoms with Crippen molar-refractivity contribution < 1.29 is 28.7 Å². The highest BCUT2D eigenvalue weighted by Crippen LogP contribution is 2.37. The lowest BCUT2D eigenvalue weighted by molar-refractivity contribution is -0.384. The summed E-state index contributed by atoms with van der Waals surface area (Å²) in [5.74, 6) is -1.48. The molecule has 0 heterocycles. The predicted octanol–water partition coefficient (Wildman–Crippen LogP) is 2.01. The molecule has 0 saturated carbocycles. The molecule has 1 rings (SSSR count). The Hall–Kier alpha value is -2.62. The third kappa shape index (κ3) is 4.68. The van der Waals surface area contributed by atoms with Gasteiger partial charge >= 0.3 is 11.9 Å². The number of ether oxygens (including phenoxy) is 3. The molecule has 0 atom stereocenters. The zero-order valence-electron chi connectivity index (χ0n) is 12.4. The minimum Gasteiger partial charge on any atom is -0.496 e. The van der Waals surface area contributed by atoms with Crippen LogP contribution >= 0.6 is 15.9 Å². The summed E-state index contributed by atoms with van der Waals surface area (Å²) in [6, 6.07) is 2.63. The molecule has 0 spiro atoms. The SMILES string of the molecule is COC(=O)/C=C(/Nc1c(Br)cc(OC)cc1[N+](=O)[O-])C(=O)OC. The topological polar surface area (TPSA) is 117 Å². The number of nitrogens with one attached hydrogen (secondary N) is 1. The summed E-state index contributed by atoms with van der Waals surface area (Å²) in [6.45, 7) is 0. The van der Waals surface area contributed by atoms with Crippen LogP contribution in [0.4, 0.5) is 11.4 Å². The Balaban J connectivity index is 3.38. The van der Waals surface area contributed by atoms with E-state index in [4.69, 9.17) is 4.74 Å². The normalized spacial score (nSPS) is 10.7. The number of carbonyl (C=O) groups is 2. The van der Waals surface area contributed by atoms with Crippen molar-refractivity contribution in [3.63, 3.8) is 0 Å². The van der Waals surface area contributed by atoms with Crippen molar-refractivity contribution in [1.82, 2.24) is 0 Å². The van der Waals surface area contributed by atoms with E-state index in [1.54, 1.807) is 0 Å². The van der Waals surface area contributed by atoms with Crippen LogP contribution in [0.2, 0.25) is 0 Å². The molecule has 1 aromatic carbocycles. The minimum absolute atomic E-state index is 0.0450. The van der Waals surface area contributed by atoms with Crippen molar-refractivity contribution in [1.29, 1.82) is 0 Å². The number of benzene rings is 1. The van der Waals surface area contributed by atoms with E-state index < -0.39 is 16.9 Å². The van der Waals surface area contributed by atoms with E-state index in [1.165, 1.54) is 19.2 Å². The Morgan fingerprint density at radius 3 is 2.39 bits per heavy atom. The maximum Gasteiger partial charge on any atom is 0.354 e. The second-order valence-corrected chi connectivity index (χ2v) is 4.81. The van der Waals surface area contributed by atoms with Crippen molar-refractivity contribution in [2.45, 2.75) is 0 Å². The monoisotopic (exact) mass is 388 g/mol. The molecule has 0 radical (unpaired) electrons. The summed E-state index contributed by atoms with van der Waals surface area (Å²) in [5, 5.41) is 13.7. The highest BCUT2D eigenvalue weighted by molar-refractivity contribution is 9.10. The number of hydrogen-bond acceptors (Lipinski definition) is 8. The first-order valence-electron chi connectivity index (χ1n) is 6.01. The van der Waals surface area contributed by atoms with Crippen LogP contribution in [0, 0.1) is 10.1 Å². The summed E-state index contributed by atoms with van der Waals surface area (Å²) in [6.07, 6.45) is 0.826. The number of anilines is 1. The van der Waals surface area contributed by atoms with Crippen LogP contribution in [0.3, 0.4) is 0 Å². The van der Waals surface area contributed by atoms with E-state index in [1.807, 2.05) is 0 Å². The quantitative estimate of drug-likeness (QED) is 0.340. The molecule has 9 nitrogen and oxygen atoms in total. The highest BCUT2D eigenvalue weighted by Gasteiger charge is 2.23. The van der Waals surface area contributed by atoms with Crippen LogP contribution in [-0.4, -0.2) is 38.2 Å². The molecule has 23 heavy (non-hydrogen) atoms. The molecule has 10 heteroatoms. The van der Waals surface area contributed by atoms with Crippen LogP contribution in [0.15, 0.2) is 28.4 Å². The summed E-state index contributed by atoms with van der Waals surface area (Å²) in [7, 11) is 3.59. The molecular formula is C13H13BrN2O7. The van der Waals surface area contributed by atoms with E-state index in [2.05, 4.69) is 30.7 Å². The second kappa shape index (κ2) is 8.13. The third-order valence-electron chi connectivity index (χ3n) is 2.60. The van der Waals surface area contributed by atoms with Gasteiger partial charge in [-0.05, 0) is 22.0 Å². The van der Waals surface area contributed by atoms with Gasteiger partial charge in [0, 0.05) is 0 Å². The molecule has 0 saturated heterocycles. The molecule has 0 aliphatic carbocycles. The summed E-state index contributed by atoms with van der Waals surface area (Å²) < 4.78 is 14.2. The molecule has 0 aliphatic heterocycles. The summed E-state index contributed by atoms with van der Waals surface area (Å²) in [5.41, 5.74) is -0.736. The van der Waals surface area contributed by atoms with E-state index in [0.29, 0.717) is 0 Å². The number of carbonyl (C=O) groups excluding carboxylic acids is 2. The number of nitrogens with zero attached hydrogens (tertiary/aromatic N) is 1. The summed E-state index contributed by atoms with van der Waals surface area (Å²) >= 11 is 3.15. The average Bonchev–Trinajstić information content (AvgIpc) is 2.53. The van der Waals surface area contributed by atoms with Crippen molar-refractivity contribution in [3.8, 4) is 5.75 Å². The molecule has 1 N–H and O–H groups in total. The largest absolute Gasteiger partial charge is 0.496 e. The Bertz CT molecular complexity index is 673. The highest BCUT2D eigenvalue weighted by atomic mass is 79.9. The smallest absolute Gasteiger partial charge is 0.354 e. The number of rotatable bonds is 6. The van der Waals surface area contributed by atoms with Gasteiger partial charge in [-0.15, -0.1) is 0 Å². The first kappa shape index (κ1) is 18.4. The number of halogens is 1. The second-order valence-electron chi connectivity index (χ2n) is 3.96. The van der Waals surface area contributed by atoms with Gasteiger partial charge in [0.2, 0.25) is 0 Å². The zero-order valence-corrected chi connectivity index (χ0v) is 14.0. The Morgan fingerprint density at radius 1 is 1.26 bits per heavy atom. The lowest BCUT2D eigenvalue weighted by Crippen LogP contribution is -2.16. The maximum atomic E-state index is 11.7. The molecule has 1 aromatic rings. The fourth-order valence-electron chi connectivity index (χ4n) is 1.52. The lowest BCUT2D eigenvalue weighted by Gasteiger charge is -2.12. The molecule has 0 fully saturated rings. The first-order valence-corrected chi connectivity index (χ1v) is 6.80. The third-order valence-corrected chi connectivity index (χ3v) is 3.23. The Labute approximate surface area is 139 Å². The van der Waals surface area contributed by atoms with Gasteiger partial charge in [0.05, 0.1) is 42.9 Å². The van der Waals surface area contributed by atoms with Crippen LogP contribution in [0.1, 0.15) is 0 Å². The minimum atomic E-state index is -0.896. The van der Waals surface area contributed by atoms with Gasteiger partial charge in [-0.25, -0.2) is 9.59 Å². The van der Waals surface area contributed by atoms with E-state index in [-0.39, 0.29) is 27.3 Å². The number of esters is 2. The number of nitro groups is 1. The predicted molar refractivity (Wildman–Crippen MR) is 83.1 cm³/mol. The molecule has 0 aliphatic rings. The standard InChI is InChI=1S/C13H13BrN2O7/c1-21-7-4-8(14)12(10(5-7)16(19)20)15-9(13(18)23-3)6-11(17)22-2/h4-6,15H,1-3H3/b9-6+. The first-order chi connectivity index (χ1) is 10.8. The van der Waals surface area contributed by atoms with Gasteiger partial charge in [0.25, 0.3) is 5.69 Å². The zero-order chi connectivity index (χ0) is 17.6. The van der Waals surface area contributed by atoms with E-state index in [9.17, 15) is 19.7 Å². The molecular weight excluding hydrogens is 376 g/mol. The molecule has 0 amide bonds. The van der Waals surface area contributed by atoms with Crippen LogP contribution in [-0.2, 0) is 19.1 Å². The van der Waals surface area contributed by atoms with Crippen LogP contribution in [0.25, 0.3) is 0 Å². The Kier molecular flexibility index (Phi) is 6.51. The Morgan fingerprint density at radius 2 is 1.91 bits per heavy atom. The fourth-order valence-corrected chi connectivity index (χ4v) is 2.05. The molecule has 0 unspecified atom stereocenters. The lowest BCUT2D eigenvalue weighted by atomic mass is 10.2. The average molecular weight is 389 g/mol. The van der Waals surface area contributed by atoms with Crippen LogP contribution in [0.5, 0.6) is 5.75 Å². The number of methoxy groups -OCH3 is 3. The van der Waals surface area contributed by atoms with Gasteiger partial charge < -0.3 is 19.5 Å². The van der Waals surface area contributed by atoms with Gasteiger partial charge in [-0.2, -0.15) is 0 Å². The number of hydrogen-bond donors (Lipinski definition) is 1. The van der Waals surface area contributed by atoms with Crippen LogP contribution < -0.4 is 10.1 Å². The molecule has 0 aromatic heterocycles. The van der Waals surface area contributed by atoms with Gasteiger partial charge in [0.15, 0.2) is 0 Å². The van der Waals surface area contributed by atoms with Crippen molar-refractivity contribution >= 4 is 39.2 Å². The van der Waals surface area contributed by atoms with E-state index >= 15 is 0 Å². The van der Waals surface area contributed by atoms with Crippen molar-refractivity contribution in [3.05, 3.63) is 38.5 Å². The number of nitro benzene ring substituents is 1. The summed E-state index contributed by atoms with van der Waals surface area (Å²) in [4.78, 5) is 33.6. The van der Waals surface area contributed by atoms with Crippen molar-refractivity contribution in [2.75, 3.05) is 26.6 Å². The maximum absolute atomic E-state index is 11.7. The molecule has 124 valence electrons. The van der Waals surface area contributed by atoms with E-state index in [0.717, 1.165) is 20.3 Å². The van der Waals surface area contributed by atoms with Gasteiger partial charge in [0.1, 0.15) is 17.1 Å². The van der Waals surface area contributed by atoms with Crippen molar-refractivity contribution in [2.24, 2.45) is 0 Å². The molecule has 0 bridgehead atoms.